The summed E-state index contributed by atoms with van der Waals surface area (Å²) in [4.78, 5) is 66.5. The zero-order chi connectivity index (χ0) is 32.5. The molecule has 10 nitrogen and oxygen atoms in total. The van der Waals surface area contributed by atoms with Crippen LogP contribution in [-0.4, -0.2) is 61.4 Å². The molecule has 0 bridgehead atoms. The first-order valence-electron chi connectivity index (χ1n) is 15.3. The maximum atomic E-state index is 14.0. The monoisotopic (exact) mass is 634 g/mol. The first-order valence-corrected chi connectivity index (χ1v) is 16.2. The molecule has 4 rings (SSSR count). The van der Waals surface area contributed by atoms with Crippen LogP contribution in [0, 0.1) is 18.8 Å². The molecule has 3 aromatic rings. The van der Waals surface area contributed by atoms with Crippen LogP contribution < -0.4 is 21.3 Å². The first-order chi connectivity index (χ1) is 21.6. The number of methoxy groups -OCH3 is 1. The fraction of sp³-hybridized carbons (Fsp3) is 0.441. The molecule has 0 spiro atoms. The number of benzene rings is 2. The molecule has 2 heterocycles. The summed E-state index contributed by atoms with van der Waals surface area (Å²) in [5, 5.41) is 15.1. The van der Waals surface area contributed by atoms with Crippen LogP contribution in [0.25, 0.3) is 10.8 Å². The van der Waals surface area contributed by atoms with E-state index in [0.717, 1.165) is 28.3 Å². The average molecular weight is 635 g/mol. The molecule has 4 amide bonds. The predicted octanol–water partition coefficient (Wildman–Crippen LogP) is 3.66. The summed E-state index contributed by atoms with van der Waals surface area (Å²) < 4.78 is 4.94. The van der Waals surface area contributed by atoms with E-state index >= 15 is 0 Å². The smallest absolute Gasteiger partial charge is 0.328 e. The lowest BCUT2D eigenvalue weighted by Crippen LogP contribution is -2.57. The zero-order valence-electron chi connectivity index (χ0n) is 26.2. The minimum Gasteiger partial charge on any atom is -0.467 e. The third-order valence-electron chi connectivity index (χ3n) is 8.06. The van der Waals surface area contributed by atoms with E-state index < -0.39 is 41.8 Å². The quantitative estimate of drug-likeness (QED) is 0.212. The molecule has 0 aliphatic carbocycles. The zero-order valence-corrected chi connectivity index (χ0v) is 27.0. The summed E-state index contributed by atoms with van der Waals surface area (Å²) in [6, 6.07) is 12.4. The van der Waals surface area contributed by atoms with Gasteiger partial charge < -0.3 is 26.0 Å². The van der Waals surface area contributed by atoms with Gasteiger partial charge in [-0.05, 0) is 71.9 Å². The summed E-state index contributed by atoms with van der Waals surface area (Å²) in [5.74, 6) is -2.71. The average Bonchev–Trinajstić information content (AvgIpc) is 3.46. The minimum absolute atomic E-state index is 0.0154. The molecule has 0 radical (unpaired) electrons. The van der Waals surface area contributed by atoms with E-state index in [-0.39, 0.29) is 37.0 Å². The van der Waals surface area contributed by atoms with Crippen molar-refractivity contribution in [2.45, 2.75) is 71.0 Å². The van der Waals surface area contributed by atoms with Crippen molar-refractivity contribution < 1.29 is 28.7 Å². The number of nitrogens with one attached hydrogen (secondary N) is 4. The number of hydrogen-bond acceptors (Lipinski definition) is 7. The topological polar surface area (TPSA) is 143 Å². The van der Waals surface area contributed by atoms with Crippen molar-refractivity contribution >= 4 is 51.7 Å². The second kappa shape index (κ2) is 15.7. The van der Waals surface area contributed by atoms with Gasteiger partial charge in [0.2, 0.25) is 17.7 Å². The van der Waals surface area contributed by atoms with Crippen molar-refractivity contribution in [2.75, 3.05) is 13.7 Å². The number of piperidine rings is 1. The van der Waals surface area contributed by atoms with Gasteiger partial charge in [-0.2, -0.15) is 0 Å². The van der Waals surface area contributed by atoms with E-state index in [1.807, 2.05) is 74.7 Å². The van der Waals surface area contributed by atoms with Gasteiger partial charge in [0, 0.05) is 18.9 Å². The molecule has 1 aliphatic heterocycles. The molecule has 1 aliphatic rings. The van der Waals surface area contributed by atoms with Gasteiger partial charge in [0.05, 0.1) is 12.0 Å². The summed E-state index contributed by atoms with van der Waals surface area (Å²) >= 11 is 1.29. The van der Waals surface area contributed by atoms with Crippen LogP contribution in [-0.2, 0) is 30.3 Å². The van der Waals surface area contributed by atoms with Crippen molar-refractivity contribution in [3.63, 3.8) is 0 Å². The Hall–Kier alpha value is -4.25. The van der Waals surface area contributed by atoms with Crippen LogP contribution in [0.1, 0.15) is 60.3 Å². The number of thiophene rings is 1. The van der Waals surface area contributed by atoms with Gasteiger partial charge in [-0.3, -0.25) is 19.2 Å². The van der Waals surface area contributed by atoms with Gasteiger partial charge >= 0.3 is 5.97 Å². The largest absolute Gasteiger partial charge is 0.467 e. The van der Waals surface area contributed by atoms with E-state index in [0.29, 0.717) is 17.8 Å². The second-order valence-electron chi connectivity index (χ2n) is 11.9. The third kappa shape index (κ3) is 8.91. The molecule has 11 heteroatoms. The Morgan fingerprint density at radius 2 is 1.67 bits per heavy atom. The minimum atomic E-state index is -1.06. The van der Waals surface area contributed by atoms with Crippen LogP contribution >= 0.6 is 11.3 Å². The molecule has 4 N–H and O–H groups in total. The van der Waals surface area contributed by atoms with Crippen LogP contribution in [0.15, 0.2) is 53.9 Å². The van der Waals surface area contributed by atoms with Gasteiger partial charge in [0.1, 0.15) is 18.1 Å². The molecular weight excluding hydrogens is 592 g/mol. The number of carbonyl (C=O) groups excluding carboxylic acids is 5. The second-order valence-corrected chi connectivity index (χ2v) is 12.9. The Labute approximate surface area is 267 Å². The molecule has 0 unspecified atom stereocenters. The Morgan fingerprint density at radius 1 is 0.956 bits per heavy atom. The van der Waals surface area contributed by atoms with E-state index in [1.54, 1.807) is 0 Å². The predicted molar refractivity (Wildman–Crippen MR) is 174 cm³/mol. The lowest BCUT2D eigenvalue weighted by molar-refractivity contribution is -0.146. The van der Waals surface area contributed by atoms with Crippen LogP contribution in [0.4, 0.5) is 0 Å². The van der Waals surface area contributed by atoms with Crippen molar-refractivity contribution in [3.05, 3.63) is 69.9 Å². The fourth-order valence-corrected chi connectivity index (χ4v) is 6.51. The lowest BCUT2D eigenvalue weighted by atomic mass is 9.91. The highest BCUT2D eigenvalue weighted by Crippen LogP contribution is 2.22. The standard InChI is InChI=1S/C34H42N4O6S/c1-20(2)17-26(31(40)38-28(34(43)44-4)19-24-12-8-15-35-30(24)39)36-32(41)27(37-33(42)29-21(3)14-16-45-29)18-23-11-7-10-22-9-5-6-13-25(22)23/h5-7,9-11,13-14,16,20,24,26-28H,8,12,15,17-19H2,1-4H3,(H,35,39)(H,36,41)(H,37,42)(H,38,40)/t24-,26-,27-,28-/m0/s1. The molecule has 0 saturated carbocycles. The molecule has 45 heavy (non-hydrogen) atoms. The van der Waals surface area contributed by atoms with Gasteiger partial charge in [-0.1, -0.05) is 56.3 Å². The number of amides is 4. The lowest BCUT2D eigenvalue weighted by Gasteiger charge is -2.28. The third-order valence-corrected chi connectivity index (χ3v) is 9.07. The van der Waals surface area contributed by atoms with Crippen molar-refractivity contribution in [1.82, 2.24) is 21.3 Å². The first kappa shape index (κ1) is 33.6. The summed E-state index contributed by atoms with van der Waals surface area (Å²) in [6.45, 7) is 6.26. The maximum Gasteiger partial charge on any atom is 0.328 e. The van der Waals surface area contributed by atoms with Gasteiger partial charge in [-0.25, -0.2) is 4.79 Å². The molecule has 4 atom stereocenters. The normalized spacial score (nSPS) is 16.7. The Kier molecular flexibility index (Phi) is 11.7. The van der Waals surface area contributed by atoms with E-state index in [4.69, 9.17) is 4.74 Å². The highest BCUT2D eigenvalue weighted by Gasteiger charge is 2.34. The molecule has 2 aromatic carbocycles. The van der Waals surface area contributed by atoms with Crippen molar-refractivity contribution in [3.8, 4) is 0 Å². The number of aryl methyl sites for hydroxylation is 1. The van der Waals surface area contributed by atoms with Crippen LogP contribution in [0.3, 0.4) is 0 Å². The molecule has 1 saturated heterocycles. The van der Waals surface area contributed by atoms with Gasteiger partial charge in [0.15, 0.2) is 0 Å². The van der Waals surface area contributed by atoms with E-state index in [1.165, 1.54) is 18.4 Å². The summed E-state index contributed by atoms with van der Waals surface area (Å²) in [5.41, 5.74) is 1.68. The summed E-state index contributed by atoms with van der Waals surface area (Å²) in [6.07, 6.45) is 1.95. The van der Waals surface area contributed by atoms with E-state index in [9.17, 15) is 24.0 Å². The van der Waals surface area contributed by atoms with E-state index in [2.05, 4.69) is 21.3 Å². The number of fused-ring (bicyclic) bond motifs is 1. The van der Waals surface area contributed by atoms with Crippen LogP contribution in [0.5, 0.6) is 0 Å². The Bertz CT molecular complexity index is 1530. The van der Waals surface area contributed by atoms with Crippen LogP contribution in [0.2, 0.25) is 0 Å². The molecular formula is C34H42N4O6S. The SMILES string of the molecule is COC(=O)[C@H](C[C@@H]1CCCNC1=O)NC(=O)[C@H](CC(C)C)NC(=O)[C@H](Cc1cccc2ccccc12)NC(=O)c1sccc1C. The maximum absolute atomic E-state index is 14.0. The highest BCUT2D eigenvalue weighted by atomic mass is 32.1. The van der Waals surface area contributed by atoms with Gasteiger partial charge in [0.25, 0.3) is 5.91 Å². The molecule has 1 fully saturated rings. The van der Waals surface area contributed by atoms with Crippen molar-refractivity contribution in [2.24, 2.45) is 11.8 Å². The fourth-order valence-electron chi connectivity index (χ4n) is 5.68. The Balaban J connectivity index is 1.57. The summed E-state index contributed by atoms with van der Waals surface area (Å²) in [7, 11) is 1.23. The molecule has 1 aromatic heterocycles. The highest BCUT2D eigenvalue weighted by molar-refractivity contribution is 7.12. The number of ether oxygens (including phenoxy) is 1. The molecule has 240 valence electrons. The van der Waals surface area contributed by atoms with Gasteiger partial charge in [-0.15, -0.1) is 11.3 Å². The number of hydrogen-bond donors (Lipinski definition) is 4. The number of rotatable bonds is 13. The Morgan fingerprint density at radius 3 is 2.36 bits per heavy atom. The number of carbonyl (C=O) groups is 5. The number of esters is 1. The van der Waals surface area contributed by atoms with Crippen molar-refractivity contribution in [1.29, 1.82) is 0 Å².